The number of anilines is 1. The first-order valence-corrected chi connectivity index (χ1v) is 9.29. The Morgan fingerprint density at radius 1 is 1.26 bits per heavy atom. The fourth-order valence-electron chi connectivity index (χ4n) is 2.18. The van der Waals surface area contributed by atoms with Crippen LogP contribution in [0.3, 0.4) is 0 Å². The van der Waals surface area contributed by atoms with Crippen molar-refractivity contribution in [2.24, 2.45) is 0 Å². The van der Waals surface area contributed by atoms with Crippen molar-refractivity contribution in [2.45, 2.75) is 25.4 Å². The van der Waals surface area contributed by atoms with E-state index in [4.69, 9.17) is 11.6 Å². The van der Waals surface area contributed by atoms with Crippen LogP contribution in [-0.4, -0.2) is 43.9 Å². The highest BCUT2D eigenvalue weighted by atomic mass is 35.5. The molecule has 126 valence electrons. The maximum absolute atomic E-state index is 12.0. The number of hydrogen-bond donors (Lipinski definition) is 3. The number of carbonyl (C=O) groups is 2. The molecule has 1 saturated heterocycles. The summed E-state index contributed by atoms with van der Waals surface area (Å²) < 4.78 is 22.7. The zero-order chi connectivity index (χ0) is 17.0. The number of urea groups is 1. The average Bonchev–Trinajstić information content (AvgIpc) is 2.80. The van der Waals surface area contributed by atoms with E-state index >= 15 is 0 Å². The highest BCUT2D eigenvalue weighted by Gasteiger charge is 2.29. The molecule has 2 rings (SSSR count). The minimum absolute atomic E-state index is 0.0637. The molecule has 1 aliphatic rings. The van der Waals surface area contributed by atoms with Gasteiger partial charge in [0.1, 0.15) is 6.04 Å². The van der Waals surface area contributed by atoms with E-state index in [1.165, 1.54) is 6.92 Å². The quantitative estimate of drug-likeness (QED) is 0.750. The molecule has 0 aliphatic carbocycles. The SMILES string of the molecule is C[C@H](NC(=O)N[C@H]1CCS(=O)(=O)C1)C(=O)Nc1ccc(Cl)cc1. The highest BCUT2D eigenvalue weighted by molar-refractivity contribution is 7.91. The lowest BCUT2D eigenvalue weighted by Crippen LogP contribution is -2.49. The van der Waals surface area contributed by atoms with E-state index in [-0.39, 0.29) is 17.4 Å². The van der Waals surface area contributed by atoms with Crippen molar-refractivity contribution in [1.29, 1.82) is 0 Å². The van der Waals surface area contributed by atoms with Gasteiger partial charge in [-0.15, -0.1) is 0 Å². The number of halogens is 1. The number of nitrogens with one attached hydrogen (secondary N) is 3. The third-order valence-electron chi connectivity index (χ3n) is 3.42. The van der Waals surface area contributed by atoms with Gasteiger partial charge in [-0.2, -0.15) is 0 Å². The Labute approximate surface area is 139 Å². The van der Waals surface area contributed by atoms with E-state index in [1.807, 2.05) is 0 Å². The number of amides is 3. The molecular formula is C14H18ClN3O4S. The molecule has 1 aliphatic heterocycles. The van der Waals surface area contributed by atoms with Crippen molar-refractivity contribution >= 4 is 39.1 Å². The number of hydrogen-bond acceptors (Lipinski definition) is 4. The monoisotopic (exact) mass is 359 g/mol. The number of benzene rings is 1. The number of rotatable bonds is 4. The largest absolute Gasteiger partial charge is 0.334 e. The molecule has 0 radical (unpaired) electrons. The summed E-state index contributed by atoms with van der Waals surface area (Å²) in [6, 6.07) is 4.83. The second-order valence-electron chi connectivity index (χ2n) is 5.44. The zero-order valence-corrected chi connectivity index (χ0v) is 14.1. The molecule has 0 unspecified atom stereocenters. The Hall–Kier alpha value is -1.80. The maximum Gasteiger partial charge on any atom is 0.315 e. The van der Waals surface area contributed by atoms with Gasteiger partial charge in [-0.1, -0.05) is 11.6 Å². The molecule has 3 N–H and O–H groups in total. The molecule has 0 bridgehead atoms. The van der Waals surface area contributed by atoms with Crippen molar-refractivity contribution in [1.82, 2.24) is 10.6 Å². The van der Waals surface area contributed by atoms with Gasteiger partial charge >= 0.3 is 6.03 Å². The van der Waals surface area contributed by atoms with Crippen molar-refractivity contribution in [3.05, 3.63) is 29.3 Å². The van der Waals surface area contributed by atoms with Crippen LogP contribution in [0.5, 0.6) is 0 Å². The van der Waals surface area contributed by atoms with Gasteiger partial charge in [0, 0.05) is 16.8 Å². The second-order valence-corrected chi connectivity index (χ2v) is 8.10. The average molecular weight is 360 g/mol. The van der Waals surface area contributed by atoms with Gasteiger partial charge in [-0.3, -0.25) is 4.79 Å². The minimum atomic E-state index is -3.06. The molecule has 7 nitrogen and oxygen atoms in total. The third-order valence-corrected chi connectivity index (χ3v) is 5.44. The molecule has 2 atom stereocenters. The predicted molar refractivity (Wildman–Crippen MR) is 88.3 cm³/mol. The molecule has 1 fully saturated rings. The van der Waals surface area contributed by atoms with Crippen LogP contribution in [-0.2, 0) is 14.6 Å². The Morgan fingerprint density at radius 2 is 1.91 bits per heavy atom. The molecule has 1 aromatic carbocycles. The summed E-state index contributed by atoms with van der Waals surface area (Å²) in [7, 11) is -3.06. The van der Waals surface area contributed by atoms with E-state index in [2.05, 4.69) is 16.0 Å². The molecule has 0 spiro atoms. The first-order valence-electron chi connectivity index (χ1n) is 7.09. The minimum Gasteiger partial charge on any atom is -0.334 e. The van der Waals surface area contributed by atoms with E-state index in [0.717, 1.165) is 0 Å². The Bertz CT molecular complexity index is 690. The standard InChI is InChI=1S/C14H18ClN3O4S/c1-9(13(19)17-11-4-2-10(15)3-5-11)16-14(20)18-12-6-7-23(21,22)8-12/h2-5,9,12H,6-8H2,1H3,(H,17,19)(H2,16,18,20)/t9-,12-/m0/s1. The highest BCUT2D eigenvalue weighted by Crippen LogP contribution is 2.13. The lowest BCUT2D eigenvalue weighted by atomic mass is 10.2. The molecule has 0 aromatic heterocycles. The van der Waals surface area contributed by atoms with Gasteiger partial charge in [0.2, 0.25) is 5.91 Å². The molecule has 1 aromatic rings. The molecular weight excluding hydrogens is 342 g/mol. The van der Waals surface area contributed by atoms with Crippen LogP contribution in [0, 0.1) is 0 Å². The van der Waals surface area contributed by atoms with E-state index < -0.39 is 28.0 Å². The van der Waals surface area contributed by atoms with Crippen LogP contribution in [0.2, 0.25) is 5.02 Å². The lowest BCUT2D eigenvalue weighted by molar-refractivity contribution is -0.117. The van der Waals surface area contributed by atoms with Gasteiger partial charge < -0.3 is 16.0 Å². The smallest absolute Gasteiger partial charge is 0.315 e. The van der Waals surface area contributed by atoms with Crippen LogP contribution >= 0.6 is 11.6 Å². The third kappa shape index (κ3) is 5.40. The topological polar surface area (TPSA) is 104 Å². The van der Waals surface area contributed by atoms with Crippen molar-refractivity contribution in [2.75, 3.05) is 16.8 Å². The number of sulfone groups is 1. The fraction of sp³-hybridized carbons (Fsp3) is 0.429. The van der Waals surface area contributed by atoms with Crippen LogP contribution in [0.4, 0.5) is 10.5 Å². The maximum atomic E-state index is 12.0. The summed E-state index contributed by atoms with van der Waals surface area (Å²) in [6.07, 6.45) is 0.390. The van der Waals surface area contributed by atoms with E-state index in [9.17, 15) is 18.0 Å². The molecule has 1 heterocycles. The molecule has 9 heteroatoms. The van der Waals surface area contributed by atoms with Crippen LogP contribution in [0.1, 0.15) is 13.3 Å². The molecule has 23 heavy (non-hydrogen) atoms. The summed E-state index contributed by atoms with van der Waals surface area (Å²) >= 11 is 5.76. The summed E-state index contributed by atoms with van der Waals surface area (Å²) in [5.41, 5.74) is 0.565. The molecule has 3 amide bonds. The van der Waals surface area contributed by atoms with Crippen LogP contribution in [0.15, 0.2) is 24.3 Å². The second kappa shape index (κ2) is 7.18. The lowest BCUT2D eigenvalue weighted by Gasteiger charge is -2.17. The Morgan fingerprint density at radius 3 is 2.48 bits per heavy atom. The van der Waals surface area contributed by atoms with Crippen molar-refractivity contribution < 1.29 is 18.0 Å². The van der Waals surface area contributed by atoms with Crippen LogP contribution < -0.4 is 16.0 Å². The first kappa shape index (κ1) is 17.6. The molecule has 0 saturated carbocycles. The van der Waals surface area contributed by atoms with Gasteiger partial charge in [0.15, 0.2) is 9.84 Å². The summed E-state index contributed by atoms with van der Waals surface area (Å²) in [5.74, 6) is -0.377. The Balaban J connectivity index is 1.81. The predicted octanol–water partition coefficient (Wildman–Crippen LogP) is 1.15. The van der Waals surface area contributed by atoms with E-state index in [1.54, 1.807) is 24.3 Å². The summed E-state index contributed by atoms with van der Waals surface area (Å²) in [6.45, 7) is 1.54. The first-order chi connectivity index (χ1) is 10.7. The van der Waals surface area contributed by atoms with Gasteiger partial charge in [0.25, 0.3) is 0 Å². The van der Waals surface area contributed by atoms with Gasteiger partial charge in [-0.25, -0.2) is 13.2 Å². The van der Waals surface area contributed by atoms with Crippen LogP contribution in [0.25, 0.3) is 0 Å². The van der Waals surface area contributed by atoms with Gasteiger partial charge in [-0.05, 0) is 37.6 Å². The Kier molecular flexibility index (Phi) is 5.48. The number of carbonyl (C=O) groups excluding carboxylic acids is 2. The summed E-state index contributed by atoms with van der Waals surface area (Å²) in [5, 5.41) is 8.25. The zero-order valence-electron chi connectivity index (χ0n) is 12.5. The van der Waals surface area contributed by atoms with Gasteiger partial charge in [0.05, 0.1) is 11.5 Å². The van der Waals surface area contributed by atoms with Crippen molar-refractivity contribution in [3.63, 3.8) is 0 Å². The summed E-state index contributed by atoms with van der Waals surface area (Å²) in [4.78, 5) is 23.8. The van der Waals surface area contributed by atoms with Crippen molar-refractivity contribution in [3.8, 4) is 0 Å². The normalized spacial score (nSPS) is 20.5. The van der Waals surface area contributed by atoms with E-state index in [0.29, 0.717) is 17.1 Å². The fourth-order valence-corrected chi connectivity index (χ4v) is 3.98.